The van der Waals surface area contributed by atoms with Gasteiger partial charge >= 0.3 is 5.97 Å². The van der Waals surface area contributed by atoms with Gasteiger partial charge in [0.05, 0.1) is 13.0 Å². The van der Waals surface area contributed by atoms with Gasteiger partial charge in [-0.1, -0.05) is 48.7 Å². The number of rotatable bonds is 8. The van der Waals surface area contributed by atoms with E-state index in [1.54, 1.807) is 6.92 Å². The minimum absolute atomic E-state index is 0.0675. The number of ether oxygens (including phenoxy) is 1. The Bertz CT molecular complexity index is 665. The van der Waals surface area contributed by atoms with Crippen LogP contribution in [0, 0.1) is 17.0 Å². The van der Waals surface area contributed by atoms with Gasteiger partial charge in [-0.25, -0.2) is 0 Å². The van der Waals surface area contributed by atoms with E-state index in [0.29, 0.717) is 13.0 Å². The molecule has 0 bridgehead atoms. The van der Waals surface area contributed by atoms with Crippen molar-refractivity contribution < 1.29 is 14.5 Å². The molecule has 1 aromatic rings. The zero-order chi connectivity index (χ0) is 19.7. The van der Waals surface area contributed by atoms with Crippen LogP contribution < -0.4 is 0 Å². The fourth-order valence-electron chi connectivity index (χ4n) is 3.84. The molecular formula is C22H31NO4. The number of esters is 1. The molecule has 5 heteroatoms. The Labute approximate surface area is 162 Å². The Kier molecular flexibility index (Phi) is 8.01. The summed E-state index contributed by atoms with van der Waals surface area (Å²) in [4.78, 5) is 24.2. The molecule has 5 nitrogen and oxygen atoms in total. The van der Waals surface area contributed by atoms with Crippen molar-refractivity contribution in [3.05, 3.63) is 57.2 Å². The summed E-state index contributed by atoms with van der Waals surface area (Å²) in [7, 11) is 0. The van der Waals surface area contributed by atoms with Crippen molar-refractivity contribution in [2.24, 2.45) is 0 Å². The highest BCUT2D eigenvalue weighted by Crippen LogP contribution is 2.36. The first kappa shape index (κ1) is 21.1. The summed E-state index contributed by atoms with van der Waals surface area (Å²) in [6.07, 6.45) is 8.55. The fourth-order valence-corrected chi connectivity index (χ4v) is 3.84. The zero-order valence-electron chi connectivity index (χ0n) is 16.5. The second kappa shape index (κ2) is 10.2. The molecule has 0 saturated carbocycles. The van der Waals surface area contributed by atoms with Gasteiger partial charge in [-0.15, -0.1) is 0 Å². The van der Waals surface area contributed by atoms with E-state index in [0.717, 1.165) is 48.8 Å². The highest BCUT2D eigenvalue weighted by molar-refractivity contribution is 5.69. The number of hydrogen-bond acceptors (Lipinski definition) is 4. The Hall–Kier alpha value is -2.17. The first-order chi connectivity index (χ1) is 13.0. The highest BCUT2D eigenvalue weighted by atomic mass is 16.6. The summed E-state index contributed by atoms with van der Waals surface area (Å²) in [5.41, 5.74) is 1.71. The Morgan fingerprint density at radius 2 is 1.89 bits per heavy atom. The van der Waals surface area contributed by atoms with Gasteiger partial charge in [0, 0.05) is 23.3 Å². The van der Waals surface area contributed by atoms with Gasteiger partial charge in [-0.2, -0.15) is 0 Å². The van der Waals surface area contributed by atoms with E-state index in [4.69, 9.17) is 4.74 Å². The van der Waals surface area contributed by atoms with E-state index >= 15 is 0 Å². The molecule has 148 valence electrons. The van der Waals surface area contributed by atoms with Crippen molar-refractivity contribution in [1.29, 1.82) is 0 Å². The second-order valence-electron chi connectivity index (χ2n) is 7.44. The number of nitro groups is 1. The molecule has 0 amide bonds. The smallest absolute Gasteiger partial charge is 0.306 e. The van der Waals surface area contributed by atoms with Crippen LogP contribution in [-0.2, 0) is 16.0 Å². The van der Waals surface area contributed by atoms with Crippen LogP contribution in [0.4, 0.5) is 0 Å². The molecule has 0 spiro atoms. The lowest BCUT2D eigenvalue weighted by molar-refractivity contribution is -0.559. The summed E-state index contributed by atoms with van der Waals surface area (Å²) in [5.74, 6) is -0.362. The number of allylic oxidation sites excluding steroid dienone is 1. The summed E-state index contributed by atoms with van der Waals surface area (Å²) in [6.45, 7) is 4.05. The SMILES string of the molecule is CCOC(=O)CCC(Cc1ccc(C)cc1)(/C1=C/CCCCCC1)[N+](=O)[O-]. The third-order valence-electron chi connectivity index (χ3n) is 5.40. The summed E-state index contributed by atoms with van der Waals surface area (Å²) < 4.78 is 5.03. The first-order valence-corrected chi connectivity index (χ1v) is 10.0. The molecule has 2 rings (SSSR count). The Balaban J connectivity index is 2.36. The average molecular weight is 373 g/mol. The van der Waals surface area contributed by atoms with Gasteiger partial charge in [-0.3, -0.25) is 14.9 Å². The topological polar surface area (TPSA) is 69.4 Å². The zero-order valence-corrected chi connectivity index (χ0v) is 16.5. The summed E-state index contributed by atoms with van der Waals surface area (Å²) in [6, 6.07) is 7.89. The maximum atomic E-state index is 12.4. The van der Waals surface area contributed by atoms with E-state index in [2.05, 4.69) is 6.08 Å². The number of carbonyl (C=O) groups is 1. The van der Waals surface area contributed by atoms with Gasteiger partial charge < -0.3 is 4.74 Å². The number of hydrogen-bond donors (Lipinski definition) is 0. The molecule has 1 aliphatic carbocycles. The van der Waals surface area contributed by atoms with Gasteiger partial charge in [0.15, 0.2) is 0 Å². The van der Waals surface area contributed by atoms with Crippen LogP contribution in [0.1, 0.15) is 69.4 Å². The minimum Gasteiger partial charge on any atom is -0.466 e. The second-order valence-corrected chi connectivity index (χ2v) is 7.44. The quantitative estimate of drug-likeness (QED) is 0.272. The third kappa shape index (κ3) is 5.91. The number of aryl methyl sites for hydroxylation is 1. The monoisotopic (exact) mass is 373 g/mol. The molecule has 1 unspecified atom stereocenters. The molecule has 0 fully saturated rings. The molecule has 1 atom stereocenters. The van der Waals surface area contributed by atoms with Crippen molar-refractivity contribution in [1.82, 2.24) is 0 Å². The molecule has 1 aromatic carbocycles. The van der Waals surface area contributed by atoms with Crippen LogP contribution in [0.5, 0.6) is 0 Å². The predicted octanol–water partition coefficient (Wildman–Crippen LogP) is 5.18. The van der Waals surface area contributed by atoms with Gasteiger partial charge in [0.1, 0.15) is 0 Å². The summed E-state index contributed by atoms with van der Waals surface area (Å²) >= 11 is 0. The average Bonchev–Trinajstić information content (AvgIpc) is 2.60. The number of nitrogens with zero attached hydrogens (tertiary/aromatic N) is 1. The normalized spacial score (nSPS) is 19.1. The van der Waals surface area contributed by atoms with Crippen molar-refractivity contribution in [3.8, 4) is 0 Å². The van der Waals surface area contributed by atoms with E-state index in [1.807, 2.05) is 31.2 Å². The minimum atomic E-state index is -1.24. The van der Waals surface area contributed by atoms with Crippen molar-refractivity contribution >= 4 is 5.97 Å². The van der Waals surface area contributed by atoms with Crippen LogP contribution in [0.2, 0.25) is 0 Å². The van der Waals surface area contributed by atoms with Crippen LogP contribution in [0.15, 0.2) is 35.9 Å². The summed E-state index contributed by atoms with van der Waals surface area (Å²) in [5, 5.41) is 12.4. The van der Waals surface area contributed by atoms with Gasteiger partial charge in [0.25, 0.3) is 0 Å². The highest BCUT2D eigenvalue weighted by Gasteiger charge is 2.46. The van der Waals surface area contributed by atoms with E-state index in [1.165, 1.54) is 6.42 Å². The van der Waals surface area contributed by atoms with Gasteiger partial charge in [-0.05, 0) is 45.1 Å². The van der Waals surface area contributed by atoms with Gasteiger partial charge in [0.2, 0.25) is 5.54 Å². The number of benzene rings is 1. The molecule has 27 heavy (non-hydrogen) atoms. The molecule has 0 aliphatic heterocycles. The molecular weight excluding hydrogens is 342 g/mol. The standard InChI is InChI=1S/C22H31NO4/c1-3-27-21(24)15-16-22(23(25)26,17-19-13-11-18(2)12-14-19)20-9-7-5-4-6-8-10-20/h9,11-14H,3-8,10,15-17H2,1-2H3/b20-9+. The lowest BCUT2D eigenvalue weighted by Crippen LogP contribution is -2.43. The fraction of sp³-hybridized carbons (Fsp3) is 0.591. The Morgan fingerprint density at radius 1 is 1.19 bits per heavy atom. The maximum Gasteiger partial charge on any atom is 0.306 e. The first-order valence-electron chi connectivity index (χ1n) is 10.0. The predicted molar refractivity (Wildman–Crippen MR) is 106 cm³/mol. The van der Waals surface area contributed by atoms with Crippen LogP contribution in [0.3, 0.4) is 0 Å². The molecule has 1 aliphatic rings. The maximum absolute atomic E-state index is 12.4. The van der Waals surface area contributed by atoms with E-state index in [9.17, 15) is 14.9 Å². The molecule has 0 radical (unpaired) electrons. The van der Waals surface area contributed by atoms with Crippen LogP contribution in [0.25, 0.3) is 0 Å². The van der Waals surface area contributed by atoms with Crippen molar-refractivity contribution in [3.63, 3.8) is 0 Å². The lowest BCUT2D eigenvalue weighted by Gasteiger charge is -2.29. The number of carbonyl (C=O) groups excluding carboxylic acids is 1. The molecule has 0 heterocycles. The van der Waals surface area contributed by atoms with Crippen molar-refractivity contribution in [2.45, 2.75) is 77.2 Å². The third-order valence-corrected chi connectivity index (χ3v) is 5.40. The van der Waals surface area contributed by atoms with E-state index in [-0.39, 0.29) is 23.7 Å². The molecule has 0 saturated heterocycles. The largest absolute Gasteiger partial charge is 0.466 e. The van der Waals surface area contributed by atoms with E-state index < -0.39 is 5.54 Å². The van der Waals surface area contributed by atoms with Crippen LogP contribution >= 0.6 is 0 Å². The Morgan fingerprint density at radius 3 is 2.56 bits per heavy atom. The lowest BCUT2D eigenvalue weighted by atomic mass is 9.77. The molecule has 0 aromatic heterocycles. The molecule has 0 N–H and O–H groups in total. The van der Waals surface area contributed by atoms with Crippen LogP contribution in [-0.4, -0.2) is 23.0 Å². The van der Waals surface area contributed by atoms with Crippen molar-refractivity contribution in [2.75, 3.05) is 6.61 Å².